The summed E-state index contributed by atoms with van der Waals surface area (Å²) in [5.41, 5.74) is 2.71. The Morgan fingerprint density at radius 3 is 2.43 bits per heavy atom. The van der Waals surface area contributed by atoms with Crippen molar-refractivity contribution in [1.29, 1.82) is 0 Å². The summed E-state index contributed by atoms with van der Waals surface area (Å²) in [7, 11) is 0. The van der Waals surface area contributed by atoms with Crippen LogP contribution in [0.3, 0.4) is 0 Å². The van der Waals surface area contributed by atoms with Crippen molar-refractivity contribution in [3.8, 4) is 0 Å². The van der Waals surface area contributed by atoms with Gasteiger partial charge in [0.2, 0.25) is 5.91 Å². The fourth-order valence-corrected chi connectivity index (χ4v) is 3.91. The van der Waals surface area contributed by atoms with Crippen molar-refractivity contribution in [1.82, 2.24) is 20.3 Å². The number of carbonyl (C=O) groups is 2. The van der Waals surface area contributed by atoms with Crippen LogP contribution in [0.15, 0.2) is 47.0 Å². The molecule has 1 saturated heterocycles. The molecule has 2 aromatic carbocycles. The number of aromatic nitrogens is 1. The molecule has 3 aromatic rings. The molecule has 0 saturated carbocycles. The zero-order valence-corrected chi connectivity index (χ0v) is 17.4. The Balaban J connectivity index is 1.29. The average Bonchev–Trinajstić information content (AvgIpc) is 3.09. The van der Waals surface area contributed by atoms with Gasteiger partial charge in [0.1, 0.15) is 5.76 Å². The third kappa shape index (κ3) is 4.15. The summed E-state index contributed by atoms with van der Waals surface area (Å²) in [5, 5.41) is 9.24. The molecule has 1 N–H and O–H groups in total. The summed E-state index contributed by atoms with van der Waals surface area (Å²) in [4.78, 5) is 28.8. The molecule has 2 heterocycles. The van der Waals surface area contributed by atoms with Crippen molar-refractivity contribution in [2.45, 2.75) is 26.8 Å². The zero-order chi connectivity index (χ0) is 21.1. The third-order valence-corrected chi connectivity index (χ3v) is 5.74. The van der Waals surface area contributed by atoms with Gasteiger partial charge < -0.3 is 19.6 Å². The molecule has 3 amide bonds. The number of amides is 3. The van der Waals surface area contributed by atoms with Gasteiger partial charge in [-0.1, -0.05) is 47.6 Å². The average molecular weight is 406 g/mol. The number of fused-ring (bicyclic) bond motifs is 1. The number of aryl methyl sites for hydroxylation is 2. The normalized spacial score (nSPS) is 14.2. The maximum atomic E-state index is 12.6. The molecule has 4 rings (SSSR count). The standard InChI is InChI=1S/C23H26N4O3/c1-16-21(17(2)30-25-16)14-22(28)26-10-12-27(13-11-26)23(29)24-15-19-8-5-7-18-6-3-4-9-20(18)19/h3-9H,10-15H2,1-2H3,(H,24,29). The van der Waals surface area contributed by atoms with Crippen molar-refractivity contribution < 1.29 is 14.1 Å². The first-order chi connectivity index (χ1) is 14.5. The van der Waals surface area contributed by atoms with E-state index in [9.17, 15) is 9.59 Å². The molecule has 1 fully saturated rings. The largest absolute Gasteiger partial charge is 0.361 e. The molecule has 7 heteroatoms. The van der Waals surface area contributed by atoms with Crippen LogP contribution in [0.5, 0.6) is 0 Å². The van der Waals surface area contributed by atoms with Crippen LogP contribution < -0.4 is 5.32 Å². The predicted octanol–water partition coefficient (Wildman–Crippen LogP) is 3.04. The summed E-state index contributed by atoms with van der Waals surface area (Å²) in [5.74, 6) is 0.729. The van der Waals surface area contributed by atoms with Gasteiger partial charge in [-0.15, -0.1) is 0 Å². The third-order valence-electron chi connectivity index (χ3n) is 5.74. The second-order valence-electron chi connectivity index (χ2n) is 7.64. The first-order valence-electron chi connectivity index (χ1n) is 10.2. The molecule has 1 aliphatic heterocycles. The minimum atomic E-state index is -0.0965. The van der Waals surface area contributed by atoms with Crippen LogP contribution in [0.1, 0.15) is 22.6 Å². The van der Waals surface area contributed by atoms with E-state index in [1.807, 2.05) is 38.1 Å². The van der Waals surface area contributed by atoms with E-state index >= 15 is 0 Å². The molecule has 0 radical (unpaired) electrons. The monoisotopic (exact) mass is 406 g/mol. The van der Waals surface area contributed by atoms with E-state index in [2.05, 4.69) is 28.7 Å². The molecule has 1 aromatic heterocycles. The van der Waals surface area contributed by atoms with Gasteiger partial charge in [0, 0.05) is 38.3 Å². The number of piperazine rings is 1. The van der Waals surface area contributed by atoms with Gasteiger partial charge in [-0.3, -0.25) is 4.79 Å². The van der Waals surface area contributed by atoms with Crippen LogP contribution in [0.4, 0.5) is 4.79 Å². The van der Waals surface area contributed by atoms with E-state index in [4.69, 9.17) is 4.52 Å². The van der Waals surface area contributed by atoms with Crippen LogP contribution >= 0.6 is 0 Å². The molecular weight excluding hydrogens is 380 g/mol. The zero-order valence-electron chi connectivity index (χ0n) is 17.4. The lowest BCUT2D eigenvalue weighted by Crippen LogP contribution is -2.53. The van der Waals surface area contributed by atoms with E-state index in [1.54, 1.807) is 9.80 Å². The fraction of sp³-hybridized carbons (Fsp3) is 0.348. The predicted molar refractivity (Wildman–Crippen MR) is 114 cm³/mol. The van der Waals surface area contributed by atoms with Crippen molar-refractivity contribution in [3.63, 3.8) is 0 Å². The van der Waals surface area contributed by atoms with Gasteiger partial charge in [-0.25, -0.2) is 4.79 Å². The molecule has 0 bridgehead atoms. The van der Waals surface area contributed by atoms with E-state index < -0.39 is 0 Å². The molecule has 0 unspecified atom stereocenters. The van der Waals surface area contributed by atoms with Crippen LogP contribution in [0, 0.1) is 13.8 Å². The molecule has 1 aliphatic rings. The van der Waals surface area contributed by atoms with Crippen LogP contribution in [0.25, 0.3) is 10.8 Å². The minimum absolute atomic E-state index is 0.0419. The molecule has 0 spiro atoms. The number of benzene rings is 2. The quantitative estimate of drug-likeness (QED) is 0.722. The summed E-state index contributed by atoms with van der Waals surface area (Å²) >= 11 is 0. The van der Waals surface area contributed by atoms with Crippen molar-refractivity contribution in [2.75, 3.05) is 26.2 Å². The Morgan fingerprint density at radius 2 is 1.70 bits per heavy atom. The van der Waals surface area contributed by atoms with Crippen molar-refractivity contribution in [3.05, 3.63) is 65.0 Å². The number of rotatable bonds is 4. The maximum absolute atomic E-state index is 12.6. The van der Waals surface area contributed by atoms with Crippen LogP contribution in [-0.2, 0) is 17.8 Å². The molecule has 0 aliphatic carbocycles. The van der Waals surface area contributed by atoms with Crippen molar-refractivity contribution >= 4 is 22.7 Å². The lowest BCUT2D eigenvalue weighted by Gasteiger charge is -2.34. The molecule has 156 valence electrons. The van der Waals surface area contributed by atoms with Gasteiger partial charge >= 0.3 is 6.03 Å². The highest BCUT2D eigenvalue weighted by Gasteiger charge is 2.25. The second kappa shape index (κ2) is 8.57. The lowest BCUT2D eigenvalue weighted by atomic mass is 10.0. The van der Waals surface area contributed by atoms with E-state index in [-0.39, 0.29) is 18.4 Å². The Hall–Kier alpha value is -3.35. The smallest absolute Gasteiger partial charge is 0.317 e. The molecular formula is C23H26N4O3. The number of hydrogen-bond donors (Lipinski definition) is 1. The van der Waals surface area contributed by atoms with E-state index in [1.165, 1.54) is 0 Å². The Morgan fingerprint density at radius 1 is 1.00 bits per heavy atom. The summed E-state index contributed by atoms with van der Waals surface area (Å²) in [6, 6.07) is 14.2. The minimum Gasteiger partial charge on any atom is -0.361 e. The first-order valence-corrected chi connectivity index (χ1v) is 10.2. The maximum Gasteiger partial charge on any atom is 0.317 e. The number of urea groups is 1. The Kier molecular flexibility index (Phi) is 5.70. The number of nitrogens with one attached hydrogen (secondary N) is 1. The van der Waals surface area contributed by atoms with Crippen LogP contribution in [-0.4, -0.2) is 53.1 Å². The van der Waals surface area contributed by atoms with Gasteiger partial charge in [-0.05, 0) is 30.2 Å². The second-order valence-corrected chi connectivity index (χ2v) is 7.64. The van der Waals surface area contributed by atoms with Gasteiger partial charge in [-0.2, -0.15) is 0 Å². The van der Waals surface area contributed by atoms with Gasteiger partial charge in [0.05, 0.1) is 12.1 Å². The highest BCUT2D eigenvalue weighted by Crippen LogP contribution is 2.18. The van der Waals surface area contributed by atoms with E-state index in [0.29, 0.717) is 38.5 Å². The number of hydrogen-bond acceptors (Lipinski definition) is 4. The highest BCUT2D eigenvalue weighted by molar-refractivity contribution is 5.86. The summed E-state index contributed by atoms with van der Waals surface area (Å²) < 4.78 is 5.14. The van der Waals surface area contributed by atoms with Crippen molar-refractivity contribution in [2.24, 2.45) is 0 Å². The summed E-state index contributed by atoms with van der Waals surface area (Å²) in [6.45, 7) is 6.25. The van der Waals surface area contributed by atoms with Crippen LogP contribution in [0.2, 0.25) is 0 Å². The Labute approximate surface area is 175 Å². The Bertz CT molecular complexity index is 1040. The topological polar surface area (TPSA) is 78.7 Å². The SMILES string of the molecule is Cc1noc(C)c1CC(=O)N1CCN(C(=O)NCc2cccc3ccccc23)CC1. The molecule has 30 heavy (non-hydrogen) atoms. The van der Waals surface area contributed by atoms with Gasteiger partial charge in [0.25, 0.3) is 0 Å². The van der Waals surface area contributed by atoms with Gasteiger partial charge in [0.15, 0.2) is 0 Å². The number of carbonyl (C=O) groups excluding carboxylic acids is 2. The van der Waals surface area contributed by atoms with E-state index in [0.717, 1.165) is 27.6 Å². The first kappa shape index (κ1) is 19.9. The summed E-state index contributed by atoms with van der Waals surface area (Å²) in [6.07, 6.45) is 0.286. The molecule has 7 nitrogen and oxygen atoms in total. The number of nitrogens with zero attached hydrogens (tertiary/aromatic N) is 3. The lowest BCUT2D eigenvalue weighted by molar-refractivity contribution is -0.131. The fourth-order valence-electron chi connectivity index (χ4n) is 3.91. The highest BCUT2D eigenvalue weighted by atomic mass is 16.5. The molecule has 0 atom stereocenters.